The molecule has 2 heteroatoms. The van der Waals surface area contributed by atoms with Crippen molar-refractivity contribution in [1.29, 1.82) is 0 Å². The van der Waals surface area contributed by atoms with Crippen molar-refractivity contribution in [3.05, 3.63) is 0 Å². The molecule has 0 amide bonds. The smallest absolute Gasteiger partial charge is 0.0445 e. The summed E-state index contributed by atoms with van der Waals surface area (Å²) in [6, 6.07) is 0.257. The lowest BCUT2D eigenvalue weighted by Crippen LogP contribution is -2.29. The van der Waals surface area contributed by atoms with Crippen LogP contribution in [0.2, 0.25) is 0 Å². The molecule has 1 atom stereocenters. The number of hydrogen-bond acceptors (Lipinski definition) is 2. The van der Waals surface area contributed by atoms with Crippen LogP contribution in [0, 0.1) is 5.92 Å². The minimum Gasteiger partial charge on any atom is -0.396 e. The minimum absolute atomic E-state index is 0.248. The summed E-state index contributed by atoms with van der Waals surface area (Å²) in [5, 5.41) is 8.62. The maximum absolute atomic E-state index is 8.62. The van der Waals surface area contributed by atoms with E-state index in [2.05, 4.69) is 0 Å². The van der Waals surface area contributed by atoms with E-state index in [4.69, 9.17) is 10.8 Å². The van der Waals surface area contributed by atoms with Crippen LogP contribution in [-0.2, 0) is 0 Å². The topological polar surface area (TPSA) is 46.2 Å². The van der Waals surface area contributed by atoms with Gasteiger partial charge in [0, 0.05) is 12.6 Å². The van der Waals surface area contributed by atoms with E-state index in [1.165, 1.54) is 25.7 Å². The number of aliphatic hydroxyl groups excluding tert-OH is 1. The van der Waals surface area contributed by atoms with Crippen LogP contribution in [0.4, 0.5) is 0 Å². The highest BCUT2D eigenvalue weighted by molar-refractivity contribution is 4.77. The van der Waals surface area contributed by atoms with Crippen molar-refractivity contribution in [2.75, 3.05) is 6.61 Å². The van der Waals surface area contributed by atoms with Crippen molar-refractivity contribution in [2.45, 2.75) is 38.1 Å². The number of rotatable bonds is 3. The first-order chi connectivity index (χ1) is 4.84. The quantitative estimate of drug-likeness (QED) is 0.616. The molecular weight excluding hydrogens is 126 g/mol. The molecule has 0 heterocycles. The average Bonchev–Trinajstić information content (AvgIpc) is 2.38. The standard InChI is InChI=1S/C8H17NO/c9-8(5-6-10)7-3-1-2-4-7/h7-8,10H,1-6,9H2/t8-/m0/s1. The van der Waals surface area contributed by atoms with Gasteiger partial charge in [0.15, 0.2) is 0 Å². The van der Waals surface area contributed by atoms with Crippen LogP contribution in [0.5, 0.6) is 0 Å². The Hall–Kier alpha value is -0.0800. The summed E-state index contributed by atoms with van der Waals surface area (Å²) < 4.78 is 0. The lowest BCUT2D eigenvalue weighted by Gasteiger charge is -2.16. The van der Waals surface area contributed by atoms with Gasteiger partial charge < -0.3 is 10.8 Å². The van der Waals surface area contributed by atoms with Gasteiger partial charge in [0.1, 0.15) is 0 Å². The largest absolute Gasteiger partial charge is 0.396 e. The van der Waals surface area contributed by atoms with Gasteiger partial charge in [-0.2, -0.15) is 0 Å². The van der Waals surface area contributed by atoms with Gasteiger partial charge in [-0.05, 0) is 25.2 Å². The van der Waals surface area contributed by atoms with Crippen molar-refractivity contribution in [2.24, 2.45) is 11.7 Å². The van der Waals surface area contributed by atoms with Gasteiger partial charge in [0.05, 0.1) is 0 Å². The van der Waals surface area contributed by atoms with Crippen LogP contribution in [0.3, 0.4) is 0 Å². The third kappa shape index (κ3) is 1.96. The molecule has 1 saturated carbocycles. The van der Waals surface area contributed by atoms with Crippen LogP contribution in [0.25, 0.3) is 0 Å². The second-order valence-electron chi connectivity index (χ2n) is 3.22. The summed E-state index contributed by atoms with van der Waals surface area (Å²) in [7, 11) is 0. The van der Waals surface area contributed by atoms with Gasteiger partial charge in [0.2, 0.25) is 0 Å². The first kappa shape index (κ1) is 8.02. The first-order valence-corrected chi connectivity index (χ1v) is 4.21. The first-order valence-electron chi connectivity index (χ1n) is 4.21. The van der Waals surface area contributed by atoms with Gasteiger partial charge >= 0.3 is 0 Å². The van der Waals surface area contributed by atoms with Gasteiger partial charge in [-0.15, -0.1) is 0 Å². The number of aliphatic hydroxyl groups is 1. The molecule has 1 aliphatic rings. The van der Waals surface area contributed by atoms with Gasteiger partial charge in [-0.3, -0.25) is 0 Å². The molecule has 3 N–H and O–H groups in total. The predicted molar refractivity (Wildman–Crippen MR) is 41.6 cm³/mol. The highest BCUT2D eigenvalue weighted by Gasteiger charge is 2.20. The predicted octanol–water partition coefficient (Wildman–Crippen LogP) is 0.886. The van der Waals surface area contributed by atoms with E-state index in [1.807, 2.05) is 0 Å². The average molecular weight is 143 g/mol. The van der Waals surface area contributed by atoms with Gasteiger partial charge in [-0.1, -0.05) is 12.8 Å². The molecule has 0 aromatic heterocycles. The summed E-state index contributed by atoms with van der Waals surface area (Å²) in [4.78, 5) is 0. The van der Waals surface area contributed by atoms with Crippen LogP contribution < -0.4 is 5.73 Å². The molecular formula is C8H17NO. The van der Waals surface area contributed by atoms with Crippen LogP contribution in [-0.4, -0.2) is 17.8 Å². The van der Waals surface area contributed by atoms with Crippen molar-refractivity contribution in [3.8, 4) is 0 Å². The Balaban J connectivity index is 2.18. The maximum Gasteiger partial charge on any atom is 0.0445 e. The van der Waals surface area contributed by atoms with Crippen molar-refractivity contribution >= 4 is 0 Å². The van der Waals surface area contributed by atoms with E-state index in [0.717, 1.165) is 6.42 Å². The van der Waals surface area contributed by atoms with E-state index in [9.17, 15) is 0 Å². The lowest BCUT2D eigenvalue weighted by molar-refractivity contribution is 0.255. The summed E-state index contributed by atoms with van der Waals surface area (Å²) in [5.74, 6) is 0.701. The molecule has 0 bridgehead atoms. The second-order valence-corrected chi connectivity index (χ2v) is 3.22. The van der Waals surface area contributed by atoms with E-state index < -0.39 is 0 Å². The summed E-state index contributed by atoms with van der Waals surface area (Å²) in [6.07, 6.45) is 6.01. The van der Waals surface area contributed by atoms with E-state index in [0.29, 0.717) is 5.92 Å². The Morgan fingerprint density at radius 1 is 1.40 bits per heavy atom. The number of nitrogens with two attached hydrogens (primary N) is 1. The Morgan fingerprint density at radius 2 is 2.00 bits per heavy atom. The fraction of sp³-hybridized carbons (Fsp3) is 1.00. The van der Waals surface area contributed by atoms with E-state index >= 15 is 0 Å². The molecule has 1 aliphatic carbocycles. The third-order valence-electron chi connectivity index (χ3n) is 2.47. The molecule has 0 aromatic rings. The van der Waals surface area contributed by atoms with E-state index in [-0.39, 0.29) is 12.6 Å². The SMILES string of the molecule is N[C@@H](CCO)C1CCCC1. The summed E-state index contributed by atoms with van der Waals surface area (Å²) in [5.41, 5.74) is 5.83. The van der Waals surface area contributed by atoms with Crippen LogP contribution in [0.15, 0.2) is 0 Å². The van der Waals surface area contributed by atoms with Crippen LogP contribution >= 0.6 is 0 Å². The molecule has 10 heavy (non-hydrogen) atoms. The summed E-state index contributed by atoms with van der Waals surface area (Å²) >= 11 is 0. The monoisotopic (exact) mass is 143 g/mol. The third-order valence-corrected chi connectivity index (χ3v) is 2.47. The molecule has 60 valence electrons. The van der Waals surface area contributed by atoms with E-state index in [1.54, 1.807) is 0 Å². The normalized spacial score (nSPS) is 23.4. The zero-order valence-corrected chi connectivity index (χ0v) is 6.42. The van der Waals surface area contributed by atoms with Gasteiger partial charge in [0.25, 0.3) is 0 Å². The fourth-order valence-electron chi connectivity index (χ4n) is 1.77. The fourth-order valence-corrected chi connectivity index (χ4v) is 1.77. The second kappa shape index (κ2) is 3.94. The van der Waals surface area contributed by atoms with Gasteiger partial charge in [-0.25, -0.2) is 0 Å². The maximum atomic E-state index is 8.62. The minimum atomic E-state index is 0.248. The number of hydrogen-bond donors (Lipinski definition) is 2. The van der Waals surface area contributed by atoms with Crippen molar-refractivity contribution < 1.29 is 5.11 Å². The molecule has 1 rings (SSSR count). The summed E-state index contributed by atoms with van der Waals surface area (Å²) in [6.45, 7) is 0.248. The zero-order chi connectivity index (χ0) is 7.40. The Kier molecular flexibility index (Phi) is 3.16. The molecule has 0 aromatic carbocycles. The molecule has 0 saturated heterocycles. The molecule has 0 spiro atoms. The highest BCUT2D eigenvalue weighted by atomic mass is 16.3. The lowest BCUT2D eigenvalue weighted by atomic mass is 9.97. The van der Waals surface area contributed by atoms with Crippen molar-refractivity contribution in [3.63, 3.8) is 0 Å². The zero-order valence-electron chi connectivity index (χ0n) is 6.42. The Labute approximate surface area is 62.4 Å². The molecule has 2 nitrogen and oxygen atoms in total. The Bertz CT molecular complexity index is 89.3. The molecule has 1 fully saturated rings. The van der Waals surface area contributed by atoms with Crippen molar-refractivity contribution in [1.82, 2.24) is 0 Å². The molecule has 0 unspecified atom stereocenters. The highest BCUT2D eigenvalue weighted by Crippen LogP contribution is 2.27. The molecule has 0 radical (unpaired) electrons. The Morgan fingerprint density at radius 3 is 2.50 bits per heavy atom. The molecule has 0 aliphatic heterocycles. The van der Waals surface area contributed by atoms with Crippen LogP contribution in [0.1, 0.15) is 32.1 Å².